The van der Waals surface area contributed by atoms with Crippen LogP contribution >= 0.6 is 0 Å². The lowest BCUT2D eigenvalue weighted by Gasteiger charge is -2.32. The third-order valence-electron chi connectivity index (χ3n) is 6.88. The quantitative estimate of drug-likeness (QED) is 0.430. The highest BCUT2D eigenvalue weighted by molar-refractivity contribution is 5.81. The lowest BCUT2D eigenvalue weighted by molar-refractivity contribution is -0.109. The fourth-order valence-corrected chi connectivity index (χ4v) is 4.60. The minimum Gasteiger partial charge on any atom is -0.382 e. The van der Waals surface area contributed by atoms with E-state index in [2.05, 4.69) is 30.1 Å². The summed E-state index contributed by atoms with van der Waals surface area (Å²) in [5, 5.41) is 2.64. The molecule has 5 N–H and O–H groups in total. The van der Waals surface area contributed by atoms with Crippen LogP contribution < -0.4 is 21.7 Å². The van der Waals surface area contributed by atoms with Gasteiger partial charge < -0.3 is 26.3 Å². The molecule has 35 heavy (non-hydrogen) atoms. The van der Waals surface area contributed by atoms with Crippen LogP contribution in [-0.4, -0.2) is 69.1 Å². The second-order valence-electron chi connectivity index (χ2n) is 9.51. The van der Waals surface area contributed by atoms with E-state index >= 15 is 0 Å². The Balaban J connectivity index is 0.000000371. The van der Waals surface area contributed by atoms with Crippen LogP contribution in [0.3, 0.4) is 0 Å². The molecule has 1 amide bonds. The van der Waals surface area contributed by atoms with Crippen molar-refractivity contribution in [3.63, 3.8) is 0 Å². The monoisotopic (exact) mass is 481 g/mol. The molecule has 2 aromatic heterocycles. The van der Waals surface area contributed by atoms with Crippen LogP contribution in [0.2, 0.25) is 0 Å². The Morgan fingerprint density at radius 3 is 2.54 bits per heavy atom. The fourth-order valence-electron chi connectivity index (χ4n) is 4.60. The van der Waals surface area contributed by atoms with Gasteiger partial charge in [0, 0.05) is 48.5 Å². The van der Waals surface area contributed by atoms with Gasteiger partial charge in [-0.15, -0.1) is 0 Å². The molecule has 1 saturated carbocycles. The molecule has 3 aromatic rings. The first kappa shape index (κ1) is 23.4. The summed E-state index contributed by atoms with van der Waals surface area (Å²) in [6.07, 6.45) is 8.36. The highest BCUT2D eigenvalue weighted by Gasteiger charge is 2.26. The molecule has 0 spiro atoms. The van der Waals surface area contributed by atoms with Crippen LogP contribution in [0.15, 0.2) is 24.8 Å². The second-order valence-corrected chi connectivity index (χ2v) is 9.51. The van der Waals surface area contributed by atoms with Crippen molar-refractivity contribution in [2.45, 2.75) is 50.9 Å². The standard InChI is InChI=1S/C20H25FN8.C4H7NO/c21-16-2-3-17(28-7-4-13(22)8-28)15(14(16)9-27-5-1-6-27)10-29-12-26-18-19(23)24-11-25-20(18)29;6-3-5-4-1-2-4/h2-3,11-13H,1,4-10,22H2,(H2,23,24,25);3-4H,1-2H2,(H,5,6). The number of imidazole rings is 1. The van der Waals surface area contributed by atoms with Gasteiger partial charge in [0.25, 0.3) is 0 Å². The van der Waals surface area contributed by atoms with E-state index in [0.717, 1.165) is 55.8 Å². The number of nitrogens with one attached hydrogen (secondary N) is 1. The zero-order chi connectivity index (χ0) is 24.4. The smallest absolute Gasteiger partial charge is 0.207 e. The van der Waals surface area contributed by atoms with Crippen LogP contribution in [-0.2, 0) is 17.9 Å². The zero-order valence-electron chi connectivity index (χ0n) is 19.7. The average molecular weight is 482 g/mol. The summed E-state index contributed by atoms with van der Waals surface area (Å²) in [6, 6.07) is 4.14. The first-order chi connectivity index (χ1) is 17.0. The number of fused-ring (bicyclic) bond motifs is 1. The van der Waals surface area contributed by atoms with Crippen LogP contribution in [0.1, 0.15) is 36.8 Å². The number of nitrogens with zero attached hydrogens (tertiary/aromatic N) is 6. The summed E-state index contributed by atoms with van der Waals surface area (Å²) >= 11 is 0. The molecule has 11 heteroatoms. The first-order valence-electron chi connectivity index (χ1n) is 12.2. The predicted molar refractivity (Wildman–Crippen MR) is 132 cm³/mol. The molecule has 0 bridgehead atoms. The van der Waals surface area contributed by atoms with Gasteiger partial charge in [0.1, 0.15) is 17.7 Å². The number of nitrogens with two attached hydrogens (primary N) is 2. The summed E-state index contributed by atoms with van der Waals surface area (Å²) < 4.78 is 16.9. The summed E-state index contributed by atoms with van der Waals surface area (Å²) in [5.74, 6) is 0.178. The zero-order valence-corrected chi connectivity index (χ0v) is 19.7. The summed E-state index contributed by atoms with van der Waals surface area (Å²) in [4.78, 5) is 26.8. The maximum Gasteiger partial charge on any atom is 0.207 e. The number of carbonyl (C=O) groups excluding carboxylic acids is 1. The molecule has 3 fully saturated rings. The van der Waals surface area contributed by atoms with Gasteiger partial charge in [-0.2, -0.15) is 0 Å². The second kappa shape index (κ2) is 10.1. The van der Waals surface area contributed by atoms with Crippen LogP contribution in [0, 0.1) is 5.82 Å². The van der Waals surface area contributed by atoms with Crippen LogP contribution in [0.25, 0.3) is 11.2 Å². The molecule has 1 atom stereocenters. The van der Waals surface area contributed by atoms with Gasteiger partial charge in [0.15, 0.2) is 11.5 Å². The van der Waals surface area contributed by atoms with E-state index in [9.17, 15) is 9.18 Å². The average Bonchev–Trinajstić information content (AvgIpc) is 3.38. The van der Waals surface area contributed by atoms with Crippen molar-refractivity contribution in [3.8, 4) is 0 Å². The van der Waals surface area contributed by atoms with Gasteiger partial charge in [-0.3, -0.25) is 9.69 Å². The third kappa shape index (κ3) is 5.20. The van der Waals surface area contributed by atoms with Gasteiger partial charge >= 0.3 is 0 Å². The van der Waals surface area contributed by atoms with Crippen LogP contribution in [0.4, 0.5) is 15.9 Å². The Morgan fingerprint density at radius 1 is 1.09 bits per heavy atom. The number of rotatable bonds is 7. The normalized spacial score (nSPS) is 19.8. The van der Waals surface area contributed by atoms with E-state index in [-0.39, 0.29) is 11.9 Å². The largest absolute Gasteiger partial charge is 0.382 e. The molecule has 1 unspecified atom stereocenters. The molecule has 1 aromatic carbocycles. The summed E-state index contributed by atoms with van der Waals surface area (Å²) in [7, 11) is 0. The molecule has 3 aliphatic rings. The Kier molecular flexibility index (Phi) is 6.78. The highest BCUT2D eigenvalue weighted by Crippen LogP contribution is 2.32. The van der Waals surface area contributed by atoms with Crippen molar-refractivity contribution >= 4 is 29.1 Å². The molecule has 2 saturated heterocycles. The lowest BCUT2D eigenvalue weighted by Crippen LogP contribution is -2.37. The minimum absolute atomic E-state index is 0.147. The van der Waals surface area contributed by atoms with Crippen molar-refractivity contribution in [1.29, 1.82) is 0 Å². The Hall–Kier alpha value is -3.31. The van der Waals surface area contributed by atoms with E-state index in [1.807, 2.05) is 10.6 Å². The Morgan fingerprint density at radius 2 is 1.91 bits per heavy atom. The van der Waals surface area contributed by atoms with Crippen LogP contribution in [0.5, 0.6) is 0 Å². The number of anilines is 2. The van der Waals surface area contributed by atoms with Gasteiger partial charge in [0.2, 0.25) is 6.41 Å². The van der Waals surface area contributed by atoms with Crippen molar-refractivity contribution in [2.75, 3.05) is 36.8 Å². The first-order valence-corrected chi connectivity index (χ1v) is 12.2. The maximum absolute atomic E-state index is 15.0. The molecule has 6 rings (SSSR count). The number of halogens is 1. The highest BCUT2D eigenvalue weighted by atomic mass is 19.1. The number of nitrogen functional groups attached to an aromatic ring is 1. The van der Waals surface area contributed by atoms with Crippen molar-refractivity contribution < 1.29 is 9.18 Å². The van der Waals surface area contributed by atoms with E-state index < -0.39 is 0 Å². The van der Waals surface area contributed by atoms with E-state index in [1.54, 1.807) is 12.4 Å². The lowest BCUT2D eigenvalue weighted by atomic mass is 10.0. The number of aromatic nitrogens is 4. The number of likely N-dealkylation sites (tertiary alicyclic amines) is 1. The molecule has 1 aliphatic carbocycles. The summed E-state index contributed by atoms with van der Waals surface area (Å²) in [5.41, 5.74) is 16.1. The molecular weight excluding hydrogens is 449 g/mol. The number of carbonyl (C=O) groups is 1. The predicted octanol–water partition coefficient (Wildman–Crippen LogP) is 1.23. The van der Waals surface area contributed by atoms with Gasteiger partial charge in [0.05, 0.1) is 12.9 Å². The molecule has 4 heterocycles. The van der Waals surface area contributed by atoms with Crippen molar-refractivity contribution in [1.82, 2.24) is 29.7 Å². The number of amides is 1. The topological polar surface area (TPSA) is 131 Å². The minimum atomic E-state index is -0.169. The molecule has 0 radical (unpaired) electrons. The van der Waals surface area contributed by atoms with E-state index in [0.29, 0.717) is 36.1 Å². The molecule has 10 nitrogen and oxygen atoms in total. The Bertz CT molecular complexity index is 1190. The van der Waals surface area contributed by atoms with Crippen molar-refractivity contribution in [2.24, 2.45) is 5.73 Å². The van der Waals surface area contributed by atoms with Gasteiger partial charge in [-0.1, -0.05) is 0 Å². The number of hydrogen-bond acceptors (Lipinski definition) is 8. The van der Waals surface area contributed by atoms with E-state index in [1.165, 1.54) is 25.6 Å². The Labute approximate surface area is 203 Å². The van der Waals surface area contributed by atoms with Gasteiger partial charge in [-0.05, 0) is 50.9 Å². The maximum atomic E-state index is 15.0. The summed E-state index contributed by atoms with van der Waals surface area (Å²) in [6.45, 7) is 4.75. The number of hydrogen-bond donors (Lipinski definition) is 3. The van der Waals surface area contributed by atoms with Crippen molar-refractivity contribution in [3.05, 3.63) is 41.7 Å². The molecular formula is C24H32FN9O. The fraction of sp³-hybridized carbons (Fsp3) is 0.500. The SMILES string of the molecule is Nc1ncnc2c1ncn2Cc1c(N2CCC(N)C2)ccc(F)c1CN1CCC1.O=CNC1CC1. The van der Waals surface area contributed by atoms with Gasteiger partial charge in [-0.25, -0.2) is 19.3 Å². The third-order valence-corrected chi connectivity index (χ3v) is 6.88. The number of benzene rings is 1. The van der Waals surface area contributed by atoms with E-state index in [4.69, 9.17) is 11.5 Å². The molecule has 2 aliphatic heterocycles. The molecule has 186 valence electrons.